The molecule has 0 spiro atoms. The third-order valence-electron chi connectivity index (χ3n) is 2.24. The Morgan fingerprint density at radius 3 is 2.84 bits per heavy atom. The van der Waals surface area contributed by atoms with Crippen molar-refractivity contribution >= 4 is 39.8 Å². The topological polar surface area (TPSA) is 84.0 Å². The largest absolute Gasteiger partial charge is 0.347 e. The number of aromatic nitrogens is 2. The maximum absolute atomic E-state index is 11.5. The highest BCUT2D eigenvalue weighted by Crippen LogP contribution is 2.28. The summed E-state index contributed by atoms with van der Waals surface area (Å²) < 4.78 is 4.21. The zero-order chi connectivity index (χ0) is 13.8. The number of hydrogen-bond donors (Lipinski definition) is 2. The van der Waals surface area contributed by atoms with Crippen LogP contribution in [0.2, 0.25) is 0 Å². The molecule has 0 aliphatic rings. The van der Waals surface area contributed by atoms with Gasteiger partial charge in [0.25, 0.3) is 0 Å². The molecule has 6 nitrogen and oxygen atoms in total. The van der Waals surface area contributed by atoms with Gasteiger partial charge in [-0.15, -0.1) is 11.3 Å². The first-order valence-corrected chi connectivity index (χ1v) is 7.14. The fourth-order valence-corrected chi connectivity index (χ4v) is 2.84. The molecule has 0 aromatic carbocycles. The molecule has 2 amide bonds. The molecule has 0 bridgehead atoms. The number of rotatable bonds is 4. The number of nitrogens with one attached hydrogen (secondary N) is 2. The molecule has 19 heavy (non-hydrogen) atoms. The number of aryl methyl sites for hydroxylation is 1. The number of nitrogens with zero attached hydrogens (tertiary/aromatic N) is 2. The summed E-state index contributed by atoms with van der Waals surface area (Å²) in [5.74, 6) is 0.0513. The predicted octanol–water partition coefficient (Wildman–Crippen LogP) is 1.65. The minimum Gasteiger partial charge on any atom is -0.347 e. The third kappa shape index (κ3) is 3.58. The first-order chi connectivity index (χ1) is 9.06. The van der Waals surface area contributed by atoms with Gasteiger partial charge in [-0.2, -0.15) is 9.36 Å². The van der Waals surface area contributed by atoms with Crippen LogP contribution in [-0.2, 0) is 9.59 Å². The number of anilines is 1. The van der Waals surface area contributed by atoms with Crippen molar-refractivity contribution in [2.75, 3.05) is 11.9 Å². The number of carbonyl (C=O) groups excluding carboxylic acids is 2. The molecule has 0 atom stereocenters. The molecule has 0 saturated carbocycles. The van der Waals surface area contributed by atoms with Crippen LogP contribution in [0.5, 0.6) is 0 Å². The molecule has 2 rings (SSSR count). The average molecular weight is 296 g/mol. The molecule has 2 heterocycles. The lowest BCUT2D eigenvalue weighted by molar-refractivity contribution is -0.122. The van der Waals surface area contributed by atoms with Crippen LogP contribution < -0.4 is 10.6 Å². The van der Waals surface area contributed by atoms with E-state index in [2.05, 4.69) is 20.0 Å². The maximum atomic E-state index is 11.5. The fourth-order valence-electron chi connectivity index (χ4n) is 1.34. The summed E-state index contributed by atoms with van der Waals surface area (Å²) in [5, 5.41) is 7.41. The van der Waals surface area contributed by atoms with Gasteiger partial charge in [-0.1, -0.05) is 0 Å². The van der Waals surface area contributed by atoms with Gasteiger partial charge in [0.15, 0.2) is 5.82 Å². The minimum atomic E-state index is -0.319. The predicted molar refractivity (Wildman–Crippen MR) is 75.3 cm³/mol. The van der Waals surface area contributed by atoms with E-state index in [0.717, 1.165) is 22.0 Å². The molecule has 0 aliphatic carbocycles. The molecule has 2 aromatic heterocycles. The smallest absolute Gasteiger partial charge is 0.245 e. The fraction of sp³-hybridized carbons (Fsp3) is 0.273. The highest BCUT2D eigenvalue weighted by Gasteiger charge is 2.12. The summed E-state index contributed by atoms with van der Waals surface area (Å²) >= 11 is 2.68. The van der Waals surface area contributed by atoms with Gasteiger partial charge in [0.2, 0.25) is 16.9 Å². The number of carbonyl (C=O) groups is 2. The van der Waals surface area contributed by atoms with E-state index in [9.17, 15) is 9.59 Å². The Hall–Kier alpha value is -1.80. The zero-order valence-corrected chi connectivity index (χ0v) is 12.0. The van der Waals surface area contributed by atoms with Gasteiger partial charge < -0.3 is 5.32 Å². The highest BCUT2D eigenvalue weighted by molar-refractivity contribution is 7.14. The molecular formula is C11H12N4O2S2. The first kappa shape index (κ1) is 13.6. The summed E-state index contributed by atoms with van der Waals surface area (Å²) in [6.45, 7) is 3.28. The van der Waals surface area contributed by atoms with Gasteiger partial charge in [0.05, 0.1) is 11.4 Å². The molecular weight excluding hydrogens is 284 g/mol. The maximum Gasteiger partial charge on any atom is 0.245 e. The molecule has 2 N–H and O–H groups in total. The van der Waals surface area contributed by atoms with Gasteiger partial charge in [-0.05, 0) is 23.9 Å². The summed E-state index contributed by atoms with van der Waals surface area (Å²) in [4.78, 5) is 27.4. The molecule has 0 fully saturated rings. The highest BCUT2D eigenvalue weighted by atomic mass is 32.1. The summed E-state index contributed by atoms with van der Waals surface area (Å²) in [7, 11) is 0. The van der Waals surface area contributed by atoms with Crippen LogP contribution in [0, 0.1) is 6.92 Å². The second-order valence-electron chi connectivity index (χ2n) is 3.81. The van der Waals surface area contributed by atoms with Gasteiger partial charge in [-0.3, -0.25) is 14.9 Å². The molecule has 8 heteroatoms. The second-order valence-corrected chi connectivity index (χ2v) is 5.48. The van der Waals surface area contributed by atoms with E-state index in [4.69, 9.17) is 0 Å². The molecule has 2 aromatic rings. The Bertz CT molecular complexity index is 605. The van der Waals surface area contributed by atoms with Crippen molar-refractivity contribution in [3.8, 4) is 10.7 Å². The first-order valence-electron chi connectivity index (χ1n) is 5.48. The van der Waals surface area contributed by atoms with Crippen molar-refractivity contribution in [2.24, 2.45) is 0 Å². The SMILES string of the molecule is CC(=O)NCC(=O)Nc1nc(-c2sccc2C)ns1. The quantitative estimate of drug-likeness (QED) is 0.898. The lowest BCUT2D eigenvalue weighted by Crippen LogP contribution is -2.31. The van der Waals surface area contributed by atoms with E-state index in [-0.39, 0.29) is 18.4 Å². The average Bonchev–Trinajstić information content (AvgIpc) is 2.95. The van der Waals surface area contributed by atoms with Crippen LogP contribution in [0.1, 0.15) is 12.5 Å². The van der Waals surface area contributed by atoms with E-state index in [1.165, 1.54) is 6.92 Å². The van der Waals surface area contributed by atoms with Gasteiger partial charge >= 0.3 is 0 Å². The van der Waals surface area contributed by atoms with E-state index in [0.29, 0.717) is 11.0 Å². The Labute approximate surface area is 118 Å². The summed E-state index contributed by atoms with van der Waals surface area (Å²) in [6.07, 6.45) is 0. The van der Waals surface area contributed by atoms with Crippen LogP contribution >= 0.6 is 22.9 Å². The number of amides is 2. The van der Waals surface area contributed by atoms with Gasteiger partial charge in [-0.25, -0.2) is 0 Å². The standard InChI is InChI=1S/C11H12N4O2S2/c1-6-3-4-18-9(6)10-14-11(19-15-10)13-8(17)5-12-7(2)16/h3-4H,5H2,1-2H3,(H,12,16)(H,13,14,15,17). The molecule has 0 saturated heterocycles. The minimum absolute atomic E-state index is 0.0672. The Balaban J connectivity index is 2.00. The molecule has 0 unspecified atom stereocenters. The lowest BCUT2D eigenvalue weighted by Gasteiger charge is -2.00. The van der Waals surface area contributed by atoms with Crippen LogP contribution in [0.3, 0.4) is 0 Å². The molecule has 0 aliphatic heterocycles. The Morgan fingerprint density at radius 1 is 1.42 bits per heavy atom. The Morgan fingerprint density at radius 2 is 2.21 bits per heavy atom. The summed E-state index contributed by atoms with van der Waals surface area (Å²) in [5.41, 5.74) is 1.11. The van der Waals surface area contributed by atoms with Crippen molar-refractivity contribution in [3.05, 3.63) is 17.0 Å². The molecule has 0 radical (unpaired) electrons. The van der Waals surface area contributed by atoms with Gasteiger partial charge in [0.1, 0.15) is 0 Å². The number of hydrogen-bond acceptors (Lipinski definition) is 6. The lowest BCUT2D eigenvalue weighted by atomic mass is 10.3. The van der Waals surface area contributed by atoms with Crippen molar-refractivity contribution in [1.82, 2.24) is 14.7 Å². The normalized spacial score (nSPS) is 10.2. The van der Waals surface area contributed by atoms with Crippen LogP contribution in [-0.4, -0.2) is 27.7 Å². The molecule has 100 valence electrons. The monoisotopic (exact) mass is 296 g/mol. The second kappa shape index (κ2) is 5.89. The van der Waals surface area contributed by atoms with E-state index >= 15 is 0 Å². The summed E-state index contributed by atoms with van der Waals surface area (Å²) in [6, 6.07) is 2.00. The van der Waals surface area contributed by atoms with E-state index in [1.54, 1.807) is 11.3 Å². The van der Waals surface area contributed by atoms with Gasteiger partial charge in [0, 0.05) is 18.5 Å². The van der Waals surface area contributed by atoms with Crippen LogP contribution in [0.15, 0.2) is 11.4 Å². The van der Waals surface area contributed by atoms with E-state index < -0.39 is 0 Å². The zero-order valence-electron chi connectivity index (χ0n) is 10.4. The van der Waals surface area contributed by atoms with Crippen molar-refractivity contribution < 1.29 is 9.59 Å². The third-order valence-corrected chi connectivity index (χ3v) is 3.88. The van der Waals surface area contributed by atoms with Crippen molar-refractivity contribution in [2.45, 2.75) is 13.8 Å². The Kier molecular flexibility index (Phi) is 4.23. The van der Waals surface area contributed by atoms with Crippen molar-refractivity contribution in [1.29, 1.82) is 0 Å². The van der Waals surface area contributed by atoms with Crippen LogP contribution in [0.25, 0.3) is 10.7 Å². The van der Waals surface area contributed by atoms with Crippen LogP contribution in [0.4, 0.5) is 5.13 Å². The number of thiophene rings is 1. The van der Waals surface area contributed by atoms with Crippen molar-refractivity contribution in [3.63, 3.8) is 0 Å². The van der Waals surface area contributed by atoms with E-state index in [1.807, 2.05) is 18.4 Å².